The first-order valence-electron chi connectivity index (χ1n) is 9.69. The van der Waals surface area contributed by atoms with Crippen molar-refractivity contribution in [3.05, 3.63) is 65.2 Å². The number of hydrazine groups is 1. The van der Waals surface area contributed by atoms with E-state index < -0.39 is 0 Å². The number of fused-ring (bicyclic) bond motifs is 1. The van der Waals surface area contributed by atoms with Crippen molar-refractivity contribution >= 4 is 34.1 Å². The van der Waals surface area contributed by atoms with E-state index in [4.69, 9.17) is 22.9 Å². The number of nitrogens with two attached hydrogens (primary N) is 1. The lowest BCUT2D eigenvalue weighted by Gasteiger charge is -2.22. The third-order valence-electron chi connectivity index (χ3n) is 4.90. The van der Waals surface area contributed by atoms with Crippen LogP contribution in [0.3, 0.4) is 0 Å². The van der Waals surface area contributed by atoms with Gasteiger partial charge >= 0.3 is 0 Å². The number of nitrogens with one attached hydrogen (secondary N) is 1. The molecule has 0 spiro atoms. The zero-order chi connectivity index (χ0) is 21.1. The molecule has 0 unspecified atom stereocenters. The molecule has 0 aliphatic rings. The molecule has 1 aromatic heterocycles. The summed E-state index contributed by atoms with van der Waals surface area (Å²) in [5.41, 5.74) is 13.8. The molecular weight excluding hydrogens is 380 g/mol. The number of hydrogen-bond acceptors (Lipinski definition) is 3. The van der Waals surface area contributed by atoms with Gasteiger partial charge in [-0.1, -0.05) is 49.7 Å². The second kappa shape index (κ2) is 8.57. The highest BCUT2D eigenvalue weighted by atomic mass is 32.1. The molecule has 3 aromatic rings. The molecule has 3 rings (SSSR count). The lowest BCUT2D eigenvalue weighted by atomic mass is 9.99. The highest BCUT2D eigenvalue weighted by molar-refractivity contribution is 7.80. The zero-order valence-electron chi connectivity index (χ0n) is 17.2. The quantitative estimate of drug-likeness (QED) is 0.491. The number of nitrogens with zero attached hydrogens (tertiary/aromatic N) is 2. The van der Waals surface area contributed by atoms with Crippen LogP contribution < -0.4 is 11.2 Å². The summed E-state index contributed by atoms with van der Waals surface area (Å²) in [6, 6.07) is 16.0. The van der Waals surface area contributed by atoms with Gasteiger partial charge in [0.25, 0.3) is 5.91 Å². The molecule has 3 N–H and O–H groups in total. The highest BCUT2D eigenvalue weighted by Gasteiger charge is 2.17. The predicted octanol–water partition coefficient (Wildman–Crippen LogP) is 4.54. The number of aryl methyl sites for hydroxylation is 1. The molecule has 0 aliphatic heterocycles. The molecule has 0 bridgehead atoms. The SMILES string of the molecule is CCN(NC(=O)c1cc(-c2ccc(C(C)C)cc2)nc2ccc(C)cc12)C(N)=S. The van der Waals surface area contributed by atoms with E-state index in [1.54, 1.807) is 0 Å². The summed E-state index contributed by atoms with van der Waals surface area (Å²) in [4.78, 5) is 17.9. The van der Waals surface area contributed by atoms with Crippen molar-refractivity contribution in [3.8, 4) is 11.3 Å². The normalized spacial score (nSPS) is 10.9. The van der Waals surface area contributed by atoms with E-state index in [1.165, 1.54) is 10.6 Å². The number of aromatic nitrogens is 1. The summed E-state index contributed by atoms with van der Waals surface area (Å²) >= 11 is 5.01. The standard InChI is InChI=1S/C23H26N4OS/c1-5-27(23(24)29)26-22(28)19-13-21(17-9-7-16(8-10-17)14(2)3)25-20-11-6-15(4)12-18(19)20/h6-14H,5H2,1-4H3,(H2,24,29)(H,26,28). The largest absolute Gasteiger partial charge is 0.375 e. The fourth-order valence-electron chi connectivity index (χ4n) is 3.19. The maximum atomic E-state index is 13.1. The van der Waals surface area contributed by atoms with Gasteiger partial charge in [0.2, 0.25) is 0 Å². The summed E-state index contributed by atoms with van der Waals surface area (Å²) < 4.78 is 0. The molecule has 0 saturated carbocycles. The third kappa shape index (κ3) is 4.54. The smallest absolute Gasteiger partial charge is 0.270 e. The van der Waals surface area contributed by atoms with Gasteiger partial charge in [-0.05, 0) is 55.7 Å². The van der Waals surface area contributed by atoms with E-state index in [2.05, 4.69) is 31.4 Å². The fourth-order valence-corrected chi connectivity index (χ4v) is 3.36. The van der Waals surface area contributed by atoms with Gasteiger partial charge in [-0.15, -0.1) is 0 Å². The van der Waals surface area contributed by atoms with Gasteiger partial charge in [0.15, 0.2) is 5.11 Å². The van der Waals surface area contributed by atoms with Crippen LogP contribution in [-0.2, 0) is 0 Å². The number of rotatable bonds is 4. The molecule has 1 heterocycles. The topological polar surface area (TPSA) is 71.2 Å². The van der Waals surface area contributed by atoms with E-state index in [9.17, 15) is 4.79 Å². The van der Waals surface area contributed by atoms with Crippen LogP contribution in [0.25, 0.3) is 22.2 Å². The fraction of sp³-hybridized carbons (Fsp3) is 0.261. The van der Waals surface area contributed by atoms with Gasteiger partial charge in [0.05, 0.1) is 16.8 Å². The Morgan fingerprint density at radius 3 is 2.45 bits per heavy atom. The number of thiocarbonyl (C=S) groups is 1. The van der Waals surface area contributed by atoms with Crippen LogP contribution >= 0.6 is 12.2 Å². The molecule has 6 heteroatoms. The third-order valence-corrected chi connectivity index (χ3v) is 5.12. The molecule has 0 atom stereocenters. The first kappa shape index (κ1) is 20.7. The summed E-state index contributed by atoms with van der Waals surface area (Å²) in [6.45, 7) is 8.67. The maximum Gasteiger partial charge on any atom is 0.270 e. The van der Waals surface area contributed by atoms with Crippen LogP contribution in [0.2, 0.25) is 0 Å². The van der Waals surface area contributed by atoms with Gasteiger partial charge in [0.1, 0.15) is 0 Å². The van der Waals surface area contributed by atoms with Gasteiger partial charge in [-0.25, -0.2) is 4.98 Å². The van der Waals surface area contributed by atoms with E-state index in [1.807, 2.05) is 50.2 Å². The molecule has 0 radical (unpaired) electrons. The zero-order valence-corrected chi connectivity index (χ0v) is 18.0. The Morgan fingerprint density at radius 2 is 1.86 bits per heavy atom. The van der Waals surface area contributed by atoms with E-state index >= 15 is 0 Å². The Labute approximate surface area is 176 Å². The van der Waals surface area contributed by atoms with Crippen molar-refractivity contribution in [3.63, 3.8) is 0 Å². The number of carbonyl (C=O) groups excluding carboxylic acids is 1. The van der Waals surface area contributed by atoms with Crippen LogP contribution in [0, 0.1) is 6.92 Å². The van der Waals surface area contributed by atoms with Crippen molar-refractivity contribution < 1.29 is 4.79 Å². The van der Waals surface area contributed by atoms with Crippen LogP contribution in [0.5, 0.6) is 0 Å². The molecule has 2 aromatic carbocycles. The predicted molar refractivity (Wildman–Crippen MR) is 123 cm³/mol. The van der Waals surface area contributed by atoms with Crippen molar-refractivity contribution in [2.75, 3.05) is 6.54 Å². The first-order valence-corrected chi connectivity index (χ1v) is 10.1. The molecule has 0 aliphatic carbocycles. The Hall–Kier alpha value is -2.99. The molecule has 150 valence electrons. The molecular formula is C23H26N4OS. The Bertz CT molecular complexity index is 1060. The Kier molecular flexibility index (Phi) is 6.13. The van der Waals surface area contributed by atoms with Crippen molar-refractivity contribution in [2.45, 2.75) is 33.6 Å². The molecule has 0 saturated heterocycles. The van der Waals surface area contributed by atoms with Gasteiger partial charge < -0.3 is 5.73 Å². The lowest BCUT2D eigenvalue weighted by Crippen LogP contribution is -2.48. The van der Waals surface area contributed by atoms with Crippen LogP contribution in [-0.4, -0.2) is 27.6 Å². The van der Waals surface area contributed by atoms with Crippen LogP contribution in [0.1, 0.15) is 48.2 Å². The van der Waals surface area contributed by atoms with E-state index in [-0.39, 0.29) is 11.0 Å². The summed E-state index contributed by atoms with van der Waals surface area (Å²) in [7, 11) is 0. The molecule has 5 nitrogen and oxygen atoms in total. The maximum absolute atomic E-state index is 13.1. The summed E-state index contributed by atoms with van der Waals surface area (Å²) in [6.07, 6.45) is 0. The van der Waals surface area contributed by atoms with Gasteiger partial charge in [0, 0.05) is 17.5 Å². The van der Waals surface area contributed by atoms with E-state index in [0.717, 1.165) is 27.7 Å². The van der Waals surface area contributed by atoms with E-state index in [0.29, 0.717) is 18.0 Å². The average molecular weight is 407 g/mol. The summed E-state index contributed by atoms with van der Waals surface area (Å²) in [5.74, 6) is 0.191. The first-order chi connectivity index (χ1) is 13.8. The highest BCUT2D eigenvalue weighted by Crippen LogP contribution is 2.27. The summed E-state index contributed by atoms with van der Waals surface area (Å²) in [5, 5.41) is 2.38. The minimum Gasteiger partial charge on any atom is -0.375 e. The Balaban J connectivity index is 2.10. The minimum absolute atomic E-state index is 0.125. The minimum atomic E-state index is -0.266. The average Bonchev–Trinajstić information content (AvgIpc) is 2.70. The van der Waals surface area contributed by atoms with Crippen LogP contribution in [0.15, 0.2) is 48.5 Å². The monoisotopic (exact) mass is 406 g/mol. The molecule has 0 fully saturated rings. The Morgan fingerprint density at radius 1 is 1.17 bits per heavy atom. The second-order valence-electron chi connectivity index (χ2n) is 7.38. The van der Waals surface area contributed by atoms with Crippen molar-refractivity contribution in [1.82, 2.24) is 15.4 Å². The number of pyridine rings is 1. The van der Waals surface area contributed by atoms with Crippen LogP contribution in [0.4, 0.5) is 0 Å². The lowest BCUT2D eigenvalue weighted by molar-refractivity contribution is 0.0876. The number of carbonyl (C=O) groups is 1. The number of benzene rings is 2. The van der Waals surface area contributed by atoms with Gasteiger partial charge in [-0.2, -0.15) is 0 Å². The number of amides is 1. The van der Waals surface area contributed by atoms with Crippen molar-refractivity contribution in [2.24, 2.45) is 5.73 Å². The van der Waals surface area contributed by atoms with Gasteiger partial charge in [-0.3, -0.25) is 15.2 Å². The second-order valence-corrected chi connectivity index (χ2v) is 7.79. The molecule has 29 heavy (non-hydrogen) atoms. The number of hydrogen-bond donors (Lipinski definition) is 2. The van der Waals surface area contributed by atoms with Crippen molar-refractivity contribution in [1.29, 1.82) is 0 Å². The molecule has 1 amide bonds.